The lowest BCUT2D eigenvalue weighted by atomic mass is 10.2. The second kappa shape index (κ2) is 9.41. The van der Waals surface area contributed by atoms with Crippen molar-refractivity contribution in [3.63, 3.8) is 0 Å². The average Bonchev–Trinajstić information content (AvgIpc) is 3.46. The summed E-state index contributed by atoms with van der Waals surface area (Å²) in [5, 5.41) is 24.7. The van der Waals surface area contributed by atoms with Crippen molar-refractivity contribution in [3.05, 3.63) is 88.9 Å². The third kappa shape index (κ3) is 5.18. The van der Waals surface area contributed by atoms with Gasteiger partial charge in [0.25, 0.3) is 5.91 Å². The number of thiophene rings is 1. The van der Waals surface area contributed by atoms with Gasteiger partial charge < -0.3 is 5.32 Å². The van der Waals surface area contributed by atoms with E-state index < -0.39 is 4.92 Å². The van der Waals surface area contributed by atoms with Crippen molar-refractivity contribution in [1.29, 1.82) is 0 Å². The number of aromatic nitrogens is 4. The van der Waals surface area contributed by atoms with Gasteiger partial charge in [0, 0.05) is 6.20 Å². The Morgan fingerprint density at radius 1 is 1.16 bits per heavy atom. The SMILES string of the molecule is O=C(Nc1nn(Cc2ccc(Cl)c(Cl)c2)cc1Br)c1cc(Cn2cc([N+](=O)[O-])cn2)cs1. The van der Waals surface area contributed by atoms with Gasteiger partial charge in [-0.3, -0.25) is 24.3 Å². The standard InChI is InChI=1S/C19H13BrCl2N6O3S/c20-14-9-27(6-11-1-2-15(21)16(22)3-11)25-18(14)24-19(29)17-4-12(10-32-17)7-26-8-13(5-23-26)28(30)31/h1-5,8-10H,6-7H2,(H,24,25,29). The molecule has 0 aliphatic rings. The minimum atomic E-state index is -0.505. The lowest BCUT2D eigenvalue weighted by Gasteiger charge is -2.04. The summed E-state index contributed by atoms with van der Waals surface area (Å²) in [6, 6.07) is 7.05. The molecule has 1 N–H and O–H groups in total. The van der Waals surface area contributed by atoms with Crippen LogP contribution >= 0.6 is 50.5 Å². The van der Waals surface area contributed by atoms with E-state index in [2.05, 4.69) is 31.4 Å². The number of halogens is 3. The van der Waals surface area contributed by atoms with E-state index in [4.69, 9.17) is 23.2 Å². The molecular formula is C19H13BrCl2N6O3S. The molecule has 0 fully saturated rings. The van der Waals surface area contributed by atoms with Gasteiger partial charge in [-0.05, 0) is 50.6 Å². The minimum Gasteiger partial charge on any atom is -0.303 e. The summed E-state index contributed by atoms with van der Waals surface area (Å²) >= 11 is 16.7. The molecule has 9 nitrogen and oxygen atoms in total. The number of carbonyl (C=O) groups excluding carboxylic acids is 1. The van der Waals surface area contributed by atoms with Crippen molar-refractivity contribution >= 4 is 67.9 Å². The van der Waals surface area contributed by atoms with Crippen LogP contribution in [0.5, 0.6) is 0 Å². The van der Waals surface area contributed by atoms with Gasteiger partial charge >= 0.3 is 5.69 Å². The molecule has 0 spiro atoms. The van der Waals surface area contributed by atoms with E-state index in [0.29, 0.717) is 38.3 Å². The van der Waals surface area contributed by atoms with Crippen molar-refractivity contribution in [2.45, 2.75) is 13.1 Å². The number of anilines is 1. The molecule has 0 bridgehead atoms. The molecule has 13 heteroatoms. The van der Waals surface area contributed by atoms with E-state index in [9.17, 15) is 14.9 Å². The van der Waals surface area contributed by atoms with Crippen molar-refractivity contribution in [3.8, 4) is 0 Å². The number of benzene rings is 1. The number of nitro groups is 1. The van der Waals surface area contributed by atoms with Crippen LogP contribution < -0.4 is 5.32 Å². The van der Waals surface area contributed by atoms with Crippen LogP contribution in [0.2, 0.25) is 10.0 Å². The Hall–Kier alpha value is -2.73. The van der Waals surface area contributed by atoms with Crippen LogP contribution in [0.25, 0.3) is 0 Å². The number of nitrogens with zero attached hydrogens (tertiary/aromatic N) is 5. The second-order valence-corrected chi connectivity index (χ2v) is 9.28. The fraction of sp³-hybridized carbons (Fsp3) is 0.105. The third-order valence-corrected chi connectivity index (χ3v) is 6.63. The molecule has 1 aromatic carbocycles. The Labute approximate surface area is 203 Å². The van der Waals surface area contributed by atoms with E-state index >= 15 is 0 Å². The molecule has 4 aromatic rings. The highest BCUT2D eigenvalue weighted by Crippen LogP contribution is 2.26. The number of nitrogens with one attached hydrogen (secondary N) is 1. The summed E-state index contributed by atoms with van der Waals surface area (Å²) in [7, 11) is 0. The van der Waals surface area contributed by atoms with Crippen LogP contribution in [0, 0.1) is 10.1 Å². The monoisotopic (exact) mass is 554 g/mol. The first kappa shape index (κ1) is 22.5. The van der Waals surface area contributed by atoms with E-state index in [-0.39, 0.29) is 11.6 Å². The molecule has 32 heavy (non-hydrogen) atoms. The Morgan fingerprint density at radius 2 is 1.94 bits per heavy atom. The summed E-state index contributed by atoms with van der Waals surface area (Å²) in [4.78, 5) is 23.4. The number of hydrogen-bond donors (Lipinski definition) is 1. The van der Waals surface area contributed by atoms with E-state index in [0.717, 1.165) is 11.1 Å². The zero-order valence-corrected chi connectivity index (χ0v) is 20.0. The second-order valence-electron chi connectivity index (χ2n) is 6.70. The molecule has 4 rings (SSSR count). The summed E-state index contributed by atoms with van der Waals surface area (Å²) in [5.74, 6) is 0.0703. The first-order valence-electron chi connectivity index (χ1n) is 9.01. The maximum atomic E-state index is 12.7. The zero-order valence-electron chi connectivity index (χ0n) is 16.0. The first-order chi connectivity index (χ1) is 15.3. The Kier molecular flexibility index (Phi) is 6.60. The highest BCUT2D eigenvalue weighted by Gasteiger charge is 2.15. The maximum Gasteiger partial charge on any atom is 0.307 e. The maximum absolute atomic E-state index is 12.7. The molecule has 0 atom stereocenters. The Balaban J connectivity index is 1.41. The largest absolute Gasteiger partial charge is 0.307 e. The molecule has 1 amide bonds. The van der Waals surface area contributed by atoms with E-state index in [1.807, 2.05) is 6.07 Å². The van der Waals surface area contributed by atoms with Crippen LogP contribution in [0.4, 0.5) is 11.5 Å². The molecule has 3 aromatic heterocycles. The lowest BCUT2D eigenvalue weighted by Crippen LogP contribution is -2.12. The number of carbonyl (C=O) groups is 1. The van der Waals surface area contributed by atoms with Gasteiger partial charge in [0.15, 0.2) is 5.82 Å². The molecule has 164 valence electrons. The zero-order chi connectivity index (χ0) is 22.8. The number of rotatable bonds is 7. The molecule has 0 aliphatic carbocycles. The fourth-order valence-corrected chi connectivity index (χ4v) is 4.39. The topological polar surface area (TPSA) is 108 Å². The van der Waals surface area contributed by atoms with Crippen LogP contribution in [0.15, 0.2) is 52.7 Å². The van der Waals surface area contributed by atoms with Gasteiger partial charge in [-0.25, -0.2) is 0 Å². The van der Waals surface area contributed by atoms with Gasteiger partial charge in [-0.15, -0.1) is 11.3 Å². The van der Waals surface area contributed by atoms with Crippen molar-refractivity contribution < 1.29 is 9.72 Å². The van der Waals surface area contributed by atoms with E-state index in [1.54, 1.807) is 34.5 Å². The van der Waals surface area contributed by atoms with Crippen molar-refractivity contribution in [2.75, 3.05) is 5.32 Å². The van der Waals surface area contributed by atoms with Gasteiger partial charge in [-0.2, -0.15) is 10.2 Å². The van der Waals surface area contributed by atoms with Gasteiger partial charge in [0.2, 0.25) is 0 Å². The Morgan fingerprint density at radius 3 is 2.66 bits per heavy atom. The van der Waals surface area contributed by atoms with Gasteiger partial charge in [0.1, 0.15) is 12.4 Å². The quantitative estimate of drug-likeness (QED) is 0.240. The summed E-state index contributed by atoms with van der Waals surface area (Å²) in [5.41, 5.74) is 1.64. The highest BCUT2D eigenvalue weighted by atomic mass is 79.9. The molecule has 3 heterocycles. The Bertz CT molecular complexity index is 1320. The van der Waals surface area contributed by atoms with Gasteiger partial charge in [-0.1, -0.05) is 29.3 Å². The fourth-order valence-electron chi connectivity index (χ4n) is 2.85. The van der Waals surface area contributed by atoms with Crippen LogP contribution in [-0.4, -0.2) is 30.4 Å². The van der Waals surface area contributed by atoms with Crippen molar-refractivity contribution in [2.24, 2.45) is 0 Å². The molecule has 0 radical (unpaired) electrons. The lowest BCUT2D eigenvalue weighted by molar-refractivity contribution is -0.385. The van der Waals surface area contributed by atoms with Crippen LogP contribution in [0.1, 0.15) is 20.8 Å². The molecular weight excluding hydrogens is 543 g/mol. The first-order valence-corrected chi connectivity index (χ1v) is 11.4. The summed E-state index contributed by atoms with van der Waals surface area (Å²) in [6.45, 7) is 0.768. The summed E-state index contributed by atoms with van der Waals surface area (Å²) in [6.07, 6.45) is 4.28. The van der Waals surface area contributed by atoms with Crippen LogP contribution in [0.3, 0.4) is 0 Å². The molecule has 0 saturated carbocycles. The molecule has 0 aliphatic heterocycles. The number of hydrogen-bond acceptors (Lipinski definition) is 6. The van der Waals surface area contributed by atoms with Gasteiger partial charge in [0.05, 0.1) is 37.4 Å². The average molecular weight is 556 g/mol. The number of amides is 1. The predicted octanol–water partition coefficient (Wildman–Crippen LogP) is 5.47. The normalized spacial score (nSPS) is 11.0. The summed E-state index contributed by atoms with van der Waals surface area (Å²) < 4.78 is 3.75. The smallest absolute Gasteiger partial charge is 0.303 e. The van der Waals surface area contributed by atoms with Crippen molar-refractivity contribution in [1.82, 2.24) is 19.6 Å². The molecule has 0 unspecified atom stereocenters. The predicted molar refractivity (Wildman–Crippen MR) is 126 cm³/mol. The third-order valence-electron chi connectivity index (χ3n) is 4.33. The minimum absolute atomic E-state index is 0.0838. The highest BCUT2D eigenvalue weighted by molar-refractivity contribution is 9.10. The molecule has 0 saturated heterocycles. The van der Waals surface area contributed by atoms with Crippen LogP contribution in [-0.2, 0) is 13.1 Å². The van der Waals surface area contributed by atoms with E-state index in [1.165, 1.54) is 28.4 Å².